The highest BCUT2D eigenvalue weighted by atomic mass is 16.6. The number of nitrogens with one attached hydrogen (secondary N) is 3. The van der Waals surface area contributed by atoms with Gasteiger partial charge in [0.1, 0.15) is 11.6 Å². The van der Waals surface area contributed by atoms with Crippen LogP contribution in [0.3, 0.4) is 0 Å². The Balaban J connectivity index is 1.56. The number of non-ortho nitro benzene ring substituents is 1. The summed E-state index contributed by atoms with van der Waals surface area (Å²) in [6, 6.07) is 8.17. The number of H-pyrrole nitrogens is 1. The molecule has 0 radical (unpaired) electrons. The number of methoxy groups -OCH3 is 1. The van der Waals surface area contributed by atoms with E-state index in [0.717, 1.165) is 11.4 Å². The minimum Gasteiger partial charge on any atom is -0.496 e. The number of ether oxygens (including phenoxy) is 1. The topological polar surface area (TPSA) is 131 Å². The number of anilines is 4. The molecular weight excluding hydrogens is 362 g/mol. The van der Waals surface area contributed by atoms with E-state index in [9.17, 15) is 10.1 Å². The Hall–Kier alpha value is -3.69. The molecule has 0 saturated heterocycles. The number of nitrogens with zero attached hydrogens (tertiary/aromatic N) is 4. The highest BCUT2D eigenvalue weighted by molar-refractivity contribution is 5.63. The first kappa shape index (κ1) is 17.7. The lowest BCUT2D eigenvalue weighted by atomic mass is 10.2. The molecule has 28 heavy (non-hydrogen) atoms. The standard InChI is InChI=1S/C18H19N7O3/c1-10-5-16(21-17-9-15(23-24-17)11-3-4-11)22-18(19-10)20-12-6-13(25(26)27)8-14(7-12)28-2/h5-9,11H,3-4H2,1-2H3,(H3,19,20,21,22,23,24). The first-order valence-electron chi connectivity index (χ1n) is 8.78. The highest BCUT2D eigenvalue weighted by Crippen LogP contribution is 2.39. The number of hydrogen-bond acceptors (Lipinski definition) is 8. The van der Waals surface area contributed by atoms with E-state index in [4.69, 9.17) is 4.74 Å². The molecule has 4 rings (SSSR count). The number of aromatic nitrogens is 4. The van der Waals surface area contributed by atoms with Gasteiger partial charge in [-0.15, -0.1) is 0 Å². The molecule has 2 aromatic heterocycles. The van der Waals surface area contributed by atoms with Crippen molar-refractivity contribution in [1.29, 1.82) is 0 Å². The molecule has 1 aromatic carbocycles. The fourth-order valence-corrected chi connectivity index (χ4v) is 2.83. The quantitative estimate of drug-likeness (QED) is 0.416. The summed E-state index contributed by atoms with van der Waals surface area (Å²) in [4.78, 5) is 19.4. The predicted octanol–water partition coefficient (Wildman–Crippen LogP) is 3.79. The maximum Gasteiger partial charge on any atom is 0.275 e. The average Bonchev–Trinajstić information content (AvgIpc) is 3.40. The van der Waals surface area contributed by atoms with Gasteiger partial charge >= 0.3 is 0 Å². The molecule has 3 aromatic rings. The Kier molecular flexibility index (Phi) is 4.52. The molecule has 0 bridgehead atoms. The zero-order valence-electron chi connectivity index (χ0n) is 15.4. The van der Waals surface area contributed by atoms with Crippen LogP contribution in [0.5, 0.6) is 5.75 Å². The summed E-state index contributed by atoms with van der Waals surface area (Å²) < 4.78 is 5.13. The van der Waals surface area contributed by atoms with E-state index in [-0.39, 0.29) is 5.69 Å². The summed E-state index contributed by atoms with van der Waals surface area (Å²) in [5.74, 6) is 2.51. The van der Waals surface area contributed by atoms with Crippen molar-refractivity contribution in [3.05, 3.63) is 51.8 Å². The van der Waals surface area contributed by atoms with E-state index in [2.05, 4.69) is 30.8 Å². The number of benzene rings is 1. The maximum atomic E-state index is 11.1. The Morgan fingerprint density at radius 2 is 1.96 bits per heavy atom. The molecule has 1 fully saturated rings. The number of nitro benzene ring substituents is 1. The fraction of sp³-hybridized carbons (Fsp3) is 0.278. The van der Waals surface area contributed by atoms with E-state index in [1.807, 2.05) is 13.0 Å². The number of nitro groups is 1. The predicted molar refractivity (Wildman–Crippen MR) is 104 cm³/mol. The third-order valence-corrected chi connectivity index (χ3v) is 4.32. The maximum absolute atomic E-state index is 11.1. The van der Waals surface area contributed by atoms with Crippen LogP contribution in [0.2, 0.25) is 0 Å². The van der Waals surface area contributed by atoms with E-state index in [1.165, 1.54) is 32.1 Å². The normalized spacial score (nSPS) is 13.2. The molecule has 1 aliphatic rings. The van der Waals surface area contributed by atoms with Gasteiger partial charge in [0.15, 0.2) is 5.82 Å². The van der Waals surface area contributed by atoms with Crippen LogP contribution in [-0.2, 0) is 0 Å². The second-order valence-electron chi connectivity index (χ2n) is 6.63. The number of aromatic amines is 1. The third-order valence-electron chi connectivity index (χ3n) is 4.32. The SMILES string of the molecule is COc1cc(Nc2nc(C)cc(Nc3cc(C4CC4)[nH]n3)n2)cc([N+](=O)[O-])c1. The Bertz CT molecular complexity index is 1030. The van der Waals surface area contributed by atoms with Crippen molar-refractivity contribution >= 4 is 29.0 Å². The Morgan fingerprint density at radius 1 is 1.14 bits per heavy atom. The second-order valence-corrected chi connectivity index (χ2v) is 6.63. The van der Waals surface area contributed by atoms with Crippen LogP contribution < -0.4 is 15.4 Å². The number of hydrogen-bond donors (Lipinski definition) is 3. The Labute approximate surface area is 160 Å². The molecule has 0 unspecified atom stereocenters. The largest absolute Gasteiger partial charge is 0.496 e. The Morgan fingerprint density at radius 3 is 2.68 bits per heavy atom. The third kappa shape index (κ3) is 4.00. The zero-order valence-corrected chi connectivity index (χ0v) is 15.4. The lowest BCUT2D eigenvalue weighted by Gasteiger charge is -2.10. The molecular formula is C18H19N7O3. The van der Waals surface area contributed by atoms with E-state index < -0.39 is 4.92 Å². The smallest absolute Gasteiger partial charge is 0.275 e. The second kappa shape index (κ2) is 7.14. The minimum absolute atomic E-state index is 0.0861. The van der Waals surface area contributed by atoms with Crippen LogP contribution in [-0.4, -0.2) is 32.2 Å². The van der Waals surface area contributed by atoms with Gasteiger partial charge in [-0.05, 0) is 19.8 Å². The molecule has 0 atom stereocenters. The number of rotatable bonds is 7. The molecule has 3 N–H and O–H groups in total. The first-order chi connectivity index (χ1) is 13.5. The van der Waals surface area contributed by atoms with Gasteiger partial charge in [-0.1, -0.05) is 0 Å². The van der Waals surface area contributed by atoms with Crippen molar-refractivity contribution in [2.24, 2.45) is 0 Å². The van der Waals surface area contributed by atoms with Crippen molar-refractivity contribution < 1.29 is 9.66 Å². The van der Waals surface area contributed by atoms with Crippen LogP contribution >= 0.6 is 0 Å². The van der Waals surface area contributed by atoms with Crippen molar-refractivity contribution in [3.8, 4) is 5.75 Å². The van der Waals surface area contributed by atoms with Crippen LogP contribution in [0.4, 0.5) is 29.0 Å². The zero-order chi connectivity index (χ0) is 19.7. The summed E-state index contributed by atoms with van der Waals surface area (Å²) in [6.07, 6.45) is 2.38. The lowest BCUT2D eigenvalue weighted by molar-refractivity contribution is -0.384. The molecule has 1 aliphatic carbocycles. The molecule has 10 heteroatoms. The molecule has 144 valence electrons. The fourth-order valence-electron chi connectivity index (χ4n) is 2.83. The summed E-state index contributed by atoms with van der Waals surface area (Å²) in [7, 11) is 1.45. The molecule has 2 heterocycles. The van der Waals surface area contributed by atoms with Crippen LogP contribution in [0.15, 0.2) is 30.3 Å². The van der Waals surface area contributed by atoms with E-state index >= 15 is 0 Å². The minimum atomic E-state index is -0.479. The van der Waals surface area contributed by atoms with Gasteiger partial charge in [-0.3, -0.25) is 15.2 Å². The lowest BCUT2D eigenvalue weighted by Crippen LogP contribution is -2.03. The van der Waals surface area contributed by atoms with Crippen molar-refractivity contribution in [3.63, 3.8) is 0 Å². The van der Waals surface area contributed by atoms with Gasteiger partial charge in [-0.2, -0.15) is 10.1 Å². The molecule has 10 nitrogen and oxygen atoms in total. The first-order valence-corrected chi connectivity index (χ1v) is 8.78. The average molecular weight is 381 g/mol. The van der Waals surface area contributed by atoms with Gasteiger partial charge < -0.3 is 15.4 Å². The van der Waals surface area contributed by atoms with Gasteiger partial charge in [0.05, 0.1) is 23.8 Å². The molecule has 0 spiro atoms. The van der Waals surface area contributed by atoms with Gasteiger partial charge in [-0.25, -0.2) is 4.98 Å². The highest BCUT2D eigenvalue weighted by Gasteiger charge is 2.25. The van der Waals surface area contributed by atoms with Crippen molar-refractivity contribution in [2.45, 2.75) is 25.7 Å². The van der Waals surface area contributed by atoms with E-state index in [1.54, 1.807) is 12.1 Å². The summed E-state index contributed by atoms with van der Waals surface area (Å²) in [5.41, 5.74) is 2.22. The van der Waals surface area contributed by atoms with Gasteiger partial charge in [0.2, 0.25) is 5.95 Å². The van der Waals surface area contributed by atoms with Crippen LogP contribution in [0, 0.1) is 17.0 Å². The van der Waals surface area contributed by atoms with E-state index in [0.29, 0.717) is 34.9 Å². The van der Waals surface area contributed by atoms with Crippen LogP contribution in [0.25, 0.3) is 0 Å². The van der Waals surface area contributed by atoms with Crippen molar-refractivity contribution in [1.82, 2.24) is 20.2 Å². The summed E-state index contributed by atoms with van der Waals surface area (Å²) in [6.45, 7) is 1.84. The summed E-state index contributed by atoms with van der Waals surface area (Å²) in [5, 5.41) is 24.6. The number of aryl methyl sites for hydroxylation is 1. The van der Waals surface area contributed by atoms with Crippen LogP contribution in [0.1, 0.15) is 30.1 Å². The molecule has 1 saturated carbocycles. The monoisotopic (exact) mass is 381 g/mol. The van der Waals surface area contributed by atoms with Crippen molar-refractivity contribution in [2.75, 3.05) is 17.7 Å². The van der Waals surface area contributed by atoms with Gasteiger partial charge in [0.25, 0.3) is 5.69 Å². The van der Waals surface area contributed by atoms with Gasteiger partial charge in [0, 0.05) is 41.6 Å². The summed E-state index contributed by atoms with van der Waals surface area (Å²) >= 11 is 0. The molecule has 0 aliphatic heterocycles. The molecule has 0 amide bonds.